The molecule has 0 N–H and O–H groups in total. The van der Waals surface area contributed by atoms with Crippen molar-refractivity contribution in [2.24, 2.45) is 10.9 Å². The zero-order valence-electron chi connectivity index (χ0n) is 8.97. The molecule has 0 aromatic heterocycles. The molecule has 1 aliphatic rings. The van der Waals surface area contributed by atoms with Crippen molar-refractivity contribution >= 4 is 6.21 Å². The second-order valence-electron chi connectivity index (χ2n) is 4.06. The molecule has 1 aliphatic carbocycles. The SMILES string of the molecule is C1=CCC(C/N=C/c2ccccc2)CC1. The molecule has 0 spiro atoms. The van der Waals surface area contributed by atoms with Gasteiger partial charge in [-0.1, -0.05) is 42.5 Å². The van der Waals surface area contributed by atoms with Crippen LogP contribution in [0.1, 0.15) is 24.8 Å². The summed E-state index contributed by atoms with van der Waals surface area (Å²) in [6.45, 7) is 0.971. The topological polar surface area (TPSA) is 12.4 Å². The lowest BCUT2D eigenvalue weighted by molar-refractivity contribution is 0.493. The van der Waals surface area contributed by atoms with Gasteiger partial charge in [0, 0.05) is 12.8 Å². The van der Waals surface area contributed by atoms with Crippen LogP contribution in [0.4, 0.5) is 0 Å². The van der Waals surface area contributed by atoms with E-state index in [2.05, 4.69) is 29.3 Å². The van der Waals surface area contributed by atoms with Gasteiger partial charge in [-0.2, -0.15) is 0 Å². The number of benzene rings is 1. The fourth-order valence-corrected chi connectivity index (χ4v) is 1.87. The Kier molecular flexibility index (Phi) is 3.72. The summed E-state index contributed by atoms with van der Waals surface area (Å²) in [5.74, 6) is 0.759. The predicted molar refractivity (Wildman–Crippen MR) is 65.4 cm³/mol. The van der Waals surface area contributed by atoms with Crippen LogP contribution in [0.25, 0.3) is 0 Å². The highest BCUT2D eigenvalue weighted by Crippen LogP contribution is 2.17. The summed E-state index contributed by atoms with van der Waals surface area (Å²) in [6, 6.07) is 10.3. The highest BCUT2D eigenvalue weighted by molar-refractivity contribution is 5.79. The zero-order chi connectivity index (χ0) is 10.3. The highest BCUT2D eigenvalue weighted by Gasteiger charge is 2.07. The number of aliphatic imine (C=N–C) groups is 1. The van der Waals surface area contributed by atoms with Gasteiger partial charge in [0.2, 0.25) is 0 Å². The Bertz CT molecular complexity index is 338. The Hall–Kier alpha value is -1.37. The number of rotatable bonds is 3. The minimum atomic E-state index is 0.759. The van der Waals surface area contributed by atoms with Crippen molar-refractivity contribution in [3.8, 4) is 0 Å². The minimum Gasteiger partial charge on any atom is -0.292 e. The molecule has 0 heterocycles. The Balaban J connectivity index is 1.82. The van der Waals surface area contributed by atoms with Crippen LogP contribution < -0.4 is 0 Å². The van der Waals surface area contributed by atoms with Gasteiger partial charge in [-0.15, -0.1) is 0 Å². The van der Waals surface area contributed by atoms with Crippen molar-refractivity contribution in [1.82, 2.24) is 0 Å². The number of allylic oxidation sites excluding steroid dienone is 2. The van der Waals surface area contributed by atoms with Gasteiger partial charge >= 0.3 is 0 Å². The lowest BCUT2D eigenvalue weighted by Gasteiger charge is -2.14. The van der Waals surface area contributed by atoms with Crippen molar-refractivity contribution in [1.29, 1.82) is 0 Å². The zero-order valence-corrected chi connectivity index (χ0v) is 8.97. The third-order valence-corrected chi connectivity index (χ3v) is 2.78. The van der Waals surface area contributed by atoms with E-state index in [0.717, 1.165) is 12.5 Å². The van der Waals surface area contributed by atoms with Gasteiger partial charge in [0.1, 0.15) is 0 Å². The van der Waals surface area contributed by atoms with E-state index in [1.54, 1.807) is 0 Å². The summed E-state index contributed by atoms with van der Waals surface area (Å²) >= 11 is 0. The Labute approximate surface area is 91.6 Å². The molecule has 1 aromatic carbocycles. The second kappa shape index (κ2) is 5.50. The lowest BCUT2D eigenvalue weighted by Crippen LogP contribution is -2.06. The molecule has 78 valence electrons. The first-order valence-corrected chi connectivity index (χ1v) is 5.65. The smallest absolute Gasteiger partial charge is 0.0420 e. The first-order chi connectivity index (χ1) is 7.45. The Morgan fingerprint density at radius 1 is 1.20 bits per heavy atom. The van der Waals surface area contributed by atoms with E-state index in [9.17, 15) is 0 Å². The fourth-order valence-electron chi connectivity index (χ4n) is 1.87. The maximum absolute atomic E-state index is 4.51. The van der Waals surface area contributed by atoms with Gasteiger partial charge in [-0.05, 0) is 30.7 Å². The molecule has 1 aromatic rings. The molecule has 0 saturated carbocycles. The van der Waals surface area contributed by atoms with Crippen LogP contribution in [0.15, 0.2) is 47.5 Å². The van der Waals surface area contributed by atoms with Gasteiger partial charge in [0.15, 0.2) is 0 Å². The average molecular weight is 199 g/mol. The van der Waals surface area contributed by atoms with Crippen LogP contribution in [-0.4, -0.2) is 12.8 Å². The van der Waals surface area contributed by atoms with Crippen LogP contribution in [0.5, 0.6) is 0 Å². The number of nitrogens with zero attached hydrogens (tertiary/aromatic N) is 1. The first-order valence-electron chi connectivity index (χ1n) is 5.65. The molecule has 2 rings (SSSR count). The molecule has 0 aliphatic heterocycles. The van der Waals surface area contributed by atoms with E-state index in [1.165, 1.54) is 24.8 Å². The molecule has 0 fully saturated rings. The van der Waals surface area contributed by atoms with Gasteiger partial charge in [-0.3, -0.25) is 4.99 Å². The lowest BCUT2D eigenvalue weighted by atomic mass is 9.95. The van der Waals surface area contributed by atoms with Crippen LogP contribution in [0, 0.1) is 5.92 Å². The van der Waals surface area contributed by atoms with Crippen LogP contribution in [-0.2, 0) is 0 Å². The normalized spacial score (nSPS) is 20.9. The summed E-state index contributed by atoms with van der Waals surface area (Å²) in [7, 11) is 0. The molecular formula is C14H17N. The van der Waals surface area contributed by atoms with E-state index >= 15 is 0 Å². The third kappa shape index (κ3) is 3.35. The van der Waals surface area contributed by atoms with E-state index < -0.39 is 0 Å². The van der Waals surface area contributed by atoms with Crippen LogP contribution in [0.2, 0.25) is 0 Å². The molecule has 1 nitrogen and oxygen atoms in total. The molecule has 1 atom stereocenters. The molecular weight excluding hydrogens is 182 g/mol. The standard InChI is InChI=1S/C14H17N/c1-3-7-13(8-4-1)11-15-12-14-9-5-2-6-10-14/h1-5,7-8,11,14H,6,9-10,12H2/b15-11+. The maximum atomic E-state index is 4.51. The predicted octanol–water partition coefficient (Wildman–Crippen LogP) is 3.46. The second-order valence-corrected chi connectivity index (χ2v) is 4.06. The number of hydrogen-bond acceptors (Lipinski definition) is 1. The van der Waals surface area contributed by atoms with Crippen molar-refractivity contribution < 1.29 is 0 Å². The van der Waals surface area contributed by atoms with Crippen molar-refractivity contribution in [2.45, 2.75) is 19.3 Å². The molecule has 15 heavy (non-hydrogen) atoms. The average Bonchev–Trinajstić information content (AvgIpc) is 2.32. The van der Waals surface area contributed by atoms with E-state index in [-0.39, 0.29) is 0 Å². The van der Waals surface area contributed by atoms with E-state index in [4.69, 9.17) is 0 Å². The summed E-state index contributed by atoms with van der Waals surface area (Å²) in [5, 5.41) is 0. The van der Waals surface area contributed by atoms with E-state index in [0.29, 0.717) is 0 Å². The van der Waals surface area contributed by atoms with Crippen molar-refractivity contribution in [3.63, 3.8) is 0 Å². The van der Waals surface area contributed by atoms with Crippen molar-refractivity contribution in [2.75, 3.05) is 6.54 Å². The van der Waals surface area contributed by atoms with Gasteiger partial charge in [0.05, 0.1) is 0 Å². The molecule has 1 unspecified atom stereocenters. The largest absolute Gasteiger partial charge is 0.292 e. The Morgan fingerprint density at radius 2 is 2.07 bits per heavy atom. The quantitative estimate of drug-likeness (QED) is 0.522. The molecule has 0 bridgehead atoms. The fraction of sp³-hybridized carbons (Fsp3) is 0.357. The molecule has 0 radical (unpaired) electrons. The minimum absolute atomic E-state index is 0.759. The van der Waals surface area contributed by atoms with Gasteiger partial charge in [-0.25, -0.2) is 0 Å². The van der Waals surface area contributed by atoms with E-state index in [1.807, 2.05) is 24.4 Å². The third-order valence-electron chi connectivity index (χ3n) is 2.78. The summed E-state index contributed by atoms with van der Waals surface area (Å²) < 4.78 is 0. The molecule has 0 saturated heterocycles. The highest BCUT2D eigenvalue weighted by atomic mass is 14.7. The molecule has 1 heteroatoms. The monoisotopic (exact) mass is 199 g/mol. The van der Waals surface area contributed by atoms with Crippen LogP contribution >= 0.6 is 0 Å². The van der Waals surface area contributed by atoms with Crippen molar-refractivity contribution in [3.05, 3.63) is 48.0 Å². The Morgan fingerprint density at radius 3 is 2.80 bits per heavy atom. The summed E-state index contributed by atoms with van der Waals surface area (Å²) in [4.78, 5) is 4.51. The first kappa shape index (κ1) is 10.2. The van der Waals surface area contributed by atoms with Gasteiger partial charge in [0.25, 0.3) is 0 Å². The van der Waals surface area contributed by atoms with Crippen LogP contribution in [0.3, 0.4) is 0 Å². The number of hydrogen-bond donors (Lipinski definition) is 0. The summed E-state index contributed by atoms with van der Waals surface area (Å²) in [6.07, 6.45) is 10.3. The summed E-state index contributed by atoms with van der Waals surface area (Å²) in [5.41, 5.74) is 1.20. The maximum Gasteiger partial charge on any atom is 0.0420 e. The molecule has 0 amide bonds. The van der Waals surface area contributed by atoms with Gasteiger partial charge < -0.3 is 0 Å².